The predicted molar refractivity (Wildman–Crippen MR) is 56.8 cm³/mol. The first-order valence-electron chi connectivity index (χ1n) is 4.81. The molecule has 0 radical (unpaired) electrons. The Morgan fingerprint density at radius 1 is 1.38 bits per heavy atom. The fourth-order valence-corrected chi connectivity index (χ4v) is 1.47. The van der Waals surface area contributed by atoms with Gasteiger partial charge in [0.1, 0.15) is 0 Å². The van der Waals surface area contributed by atoms with Crippen LogP contribution in [0.1, 0.15) is 38.3 Å². The van der Waals surface area contributed by atoms with Gasteiger partial charge >= 0.3 is 0 Å². The molecule has 1 aromatic heterocycles. The van der Waals surface area contributed by atoms with Gasteiger partial charge in [-0.1, -0.05) is 47.3 Å². The summed E-state index contributed by atoms with van der Waals surface area (Å²) >= 11 is 3.35. The van der Waals surface area contributed by atoms with Crippen LogP contribution >= 0.6 is 15.9 Å². The molecule has 13 heavy (non-hydrogen) atoms. The third-order valence-corrected chi connectivity index (χ3v) is 2.54. The van der Waals surface area contributed by atoms with Gasteiger partial charge in [-0.25, -0.2) is 0 Å². The summed E-state index contributed by atoms with van der Waals surface area (Å²) in [6, 6.07) is 0. The van der Waals surface area contributed by atoms with Crippen LogP contribution in [-0.2, 0) is 11.9 Å². The summed E-state index contributed by atoms with van der Waals surface area (Å²) in [5, 5.41) is 8.81. The van der Waals surface area contributed by atoms with Crippen molar-refractivity contribution in [1.82, 2.24) is 15.0 Å². The zero-order chi connectivity index (χ0) is 9.52. The summed E-state index contributed by atoms with van der Waals surface area (Å²) in [4.78, 5) is 0. The van der Waals surface area contributed by atoms with Gasteiger partial charge in [-0.2, -0.15) is 0 Å². The van der Waals surface area contributed by atoms with Gasteiger partial charge in [0.15, 0.2) is 0 Å². The quantitative estimate of drug-likeness (QED) is 0.570. The SMILES string of the molecule is CCCCCCn1cc(CBr)nn1. The van der Waals surface area contributed by atoms with Crippen molar-refractivity contribution in [1.29, 1.82) is 0 Å². The molecule has 0 spiro atoms. The first-order chi connectivity index (χ1) is 6.36. The highest BCUT2D eigenvalue weighted by Gasteiger charge is 1.97. The van der Waals surface area contributed by atoms with Crippen LogP contribution in [0.5, 0.6) is 0 Å². The number of hydrogen-bond acceptors (Lipinski definition) is 2. The number of nitrogens with zero attached hydrogens (tertiary/aromatic N) is 3. The Morgan fingerprint density at radius 3 is 2.85 bits per heavy atom. The molecule has 0 aliphatic carbocycles. The smallest absolute Gasteiger partial charge is 0.0932 e. The molecule has 0 aliphatic heterocycles. The monoisotopic (exact) mass is 245 g/mol. The Morgan fingerprint density at radius 2 is 2.23 bits per heavy atom. The molecule has 0 atom stereocenters. The Labute approximate surface area is 87.6 Å². The highest BCUT2D eigenvalue weighted by atomic mass is 79.9. The summed E-state index contributed by atoms with van der Waals surface area (Å²) in [6.07, 6.45) is 7.10. The van der Waals surface area contributed by atoms with Crippen molar-refractivity contribution >= 4 is 15.9 Å². The van der Waals surface area contributed by atoms with Crippen LogP contribution in [0.4, 0.5) is 0 Å². The van der Waals surface area contributed by atoms with E-state index in [-0.39, 0.29) is 0 Å². The molecule has 0 aromatic carbocycles. The highest BCUT2D eigenvalue weighted by molar-refractivity contribution is 9.08. The predicted octanol–water partition coefficient (Wildman–Crippen LogP) is 2.75. The van der Waals surface area contributed by atoms with E-state index in [2.05, 4.69) is 33.2 Å². The van der Waals surface area contributed by atoms with Gasteiger partial charge in [0, 0.05) is 18.1 Å². The third kappa shape index (κ3) is 3.89. The zero-order valence-corrected chi connectivity index (χ0v) is 9.63. The van der Waals surface area contributed by atoms with E-state index in [0.29, 0.717) is 0 Å². The Hall–Kier alpha value is -0.380. The van der Waals surface area contributed by atoms with Crippen molar-refractivity contribution in [3.8, 4) is 0 Å². The molecule has 1 heterocycles. The second kappa shape index (κ2) is 6.13. The van der Waals surface area contributed by atoms with Gasteiger partial charge in [0.05, 0.1) is 5.69 Å². The average Bonchev–Trinajstić information content (AvgIpc) is 2.60. The summed E-state index contributed by atoms with van der Waals surface area (Å²) in [7, 11) is 0. The van der Waals surface area contributed by atoms with Crippen LogP contribution < -0.4 is 0 Å². The molecule has 1 aromatic rings. The summed E-state index contributed by atoms with van der Waals surface area (Å²) in [5.74, 6) is 0. The summed E-state index contributed by atoms with van der Waals surface area (Å²) in [5.41, 5.74) is 1.01. The molecule has 1 rings (SSSR count). The second-order valence-electron chi connectivity index (χ2n) is 3.17. The fourth-order valence-electron chi connectivity index (χ4n) is 1.21. The first-order valence-corrected chi connectivity index (χ1v) is 5.94. The van der Waals surface area contributed by atoms with Crippen molar-refractivity contribution in [3.63, 3.8) is 0 Å². The largest absolute Gasteiger partial charge is 0.252 e. The molecular weight excluding hydrogens is 230 g/mol. The molecule has 0 saturated heterocycles. The van der Waals surface area contributed by atoms with Gasteiger partial charge in [0.25, 0.3) is 0 Å². The van der Waals surface area contributed by atoms with Gasteiger partial charge in [-0.15, -0.1) is 5.10 Å². The van der Waals surface area contributed by atoms with Gasteiger partial charge in [-0.05, 0) is 6.42 Å². The van der Waals surface area contributed by atoms with Crippen LogP contribution in [-0.4, -0.2) is 15.0 Å². The van der Waals surface area contributed by atoms with Crippen LogP contribution in [0.2, 0.25) is 0 Å². The minimum absolute atomic E-state index is 0.794. The van der Waals surface area contributed by atoms with Crippen molar-refractivity contribution in [2.24, 2.45) is 0 Å². The van der Waals surface area contributed by atoms with Gasteiger partial charge < -0.3 is 0 Å². The van der Waals surface area contributed by atoms with E-state index >= 15 is 0 Å². The van der Waals surface area contributed by atoms with Crippen LogP contribution in [0.25, 0.3) is 0 Å². The van der Waals surface area contributed by atoms with Crippen LogP contribution in [0, 0.1) is 0 Å². The molecule has 0 amide bonds. The number of hydrogen-bond donors (Lipinski definition) is 0. The molecule has 0 fully saturated rings. The van der Waals surface area contributed by atoms with Crippen molar-refractivity contribution in [3.05, 3.63) is 11.9 Å². The van der Waals surface area contributed by atoms with Gasteiger partial charge in [0.2, 0.25) is 0 Å². The fraction of sp³-hybridized carbons (Fsp3) is 0.778. The number of rotatable bonds is 6. The maximum atomic E-state index is 4.02. The minimum atomic E-state index is 0.794. The highest BCUT2D eigenvalue weighted by Crippen LogP contribution is 2.03. The lowest BCUT2D eigenvalue weighted by atomic mass is 10.2. The number of aromatic nitrogens is 3. The third-order valence-electron chi connectivity index (χ3n) is 1.96. The van der Waals surface area contributed by atoms with E-state index in [1.165, 1.54) is 25.7 Å². The average molecular weight is 246 g/mol. The molecule has 74 valence electrons. The van der Waals surface area contributed by atoms with E-state index < -0.39 is 0 Å². The molecule has 4 heteroatoms. The van der Waals surface area contributed by atoms with Crippen molar-refractivity contribution in [2.45, 2.75) is 44.5 Å². The topological polar surface area (TPSA) is 30.7 Å². The minimum Gasteiger partial charge on any atom is -0.252 e. The van der Waals surface area contributed by atoms with Crippen molar-refractivity contribution < 1.29 is 0 Å². The standard InChI is InChI=1S/C9H16BrN3/c1-2-3-4-5-6-13-8-9(7-10)11-12-13/h8H,2-7H2,1H3. The van der Waals surface area contributed by atoms with E-state index in [1.807, 2.05) is 10.9 Å². The lowest BCUT2D eigenvalue weighted by Gasteiger charge is -1.98. The maximum Gasteiger partial charge on any atom is 0.0932 e. The molecule has 0 bridgehead atoms. The molecule has 3 nitrogen and oxygen atoms in total. The first kappa shape index (κ1) is 10.7. The lowest BCUT2D eigenvalue weighted by molar-refractivity contribution is 0.527. The number of alkyl halides is 1. The Bertz CT molecular complexity index is 235. The Balaban J connectivity index is 2.20. The number of unbranched alkanes of at least 4 members (excludes halogenated alkanes) is 3. The zero-order valence-electron chi connectivity index (χ0n) is 8.04. The summed E-state index contributed by atoms with van der Waals surface area (Å²) < 4.78 is 1.92. The summed E-state index contributed by atoms with van der Waals surface area (Å²) in [6.45, 7) is 3.22. The second-order valence-corrected chi connectivity index (χ2v) is 3.73. The molecule has 0 saturated carbocycles. The normalized spacial score (nSPS) is 10.6. The lowest BCUT2D eigenvalue weighted by Crippen LogP contribution is -1.98. The molecule has 0 aliphatic rings. The van der Waals surface area contributed by atoms with E-state index in [0.717, 1.165) is 17.6 Å². The number of halogens is 1. The van der Waals surface area contributed by atoms with E-state index in [9.17, 15) is 0 Å². The number of aryl methyl sites for hydroxylation is 1. The molecular formula is C9H16BrN3. The molecule has 0 N–H and O–H groups in total. The van der Waals surface area contributed by atoms with Crippen LogP contribution in [0.15, 0.2) is 6.20 Å². The molecule has 0 unspecified atom stereocenters. The van der Waals surface area contributed by atoms with Gasteiger partial charge in [-0.3, -0.25) is 4.68 Å². The van der Waals surface area contributed by atoms with Crippen LogP contribution in [0.3, 0.4) is 0 Å². The van der Waals surface area contributed by atoms with E-state index in [4.69, 9.17) is 0 Å². The maximum absolute atomic E-state index is 4.02. The van der Waals surface area contributed by atoms with E-state index in [1.54, 1.807) is 0 Å². The van der Waals surface area contributed by atoms with Crippen molar-refractivity contribution in [2.75, 3.05) is 0 Å². The Kier molecular flexibility index (Phi) is 5.05.